The molecule has 0 heterocycles. The molecular weight excluding hydrogens is 474 g/mol. The summed E-state index contributed by atoms with van der Waals surface area (Å²) < 4.78 is 0. The number of rotatable bonds is 19. The zero-order valence-corrected chi connectivity index (χ0v) is 20.4. The second-order valence-corrected chi connectivity index (χ2v) is 8.03. The summed E-state index contributed by atoms with van der Waals surface area (Å²) in [6.45, 7) is 0.475. The molecule has 0 bridgehead atoms. The molecule has 0 rings (SSSR count). The van der Waals surface area contributed by atoms with Gasteiger partial charge in [0.05, 0.1) is 12.6 Å². The first kappa shape index (κ1) is 32.3. The molecule has 0 aromatic heterocycles. The summed E-state index contributed by atoms with van der Waals surface area (Å²) >= 11 is 0. The molecule has 16 N–H and O–H groups in total. The van der Waals surface area contributed by atoms with Crippen molar-refractivity contribution in [3.8, 4) is 0 Å². The minimum Gasteiger partial charge on any atom is -0.480 e. The molecule has 0 spiro atoms. The Morgan fingerprint density at radius 3 is 1.83 bits per heavy atom. The monoisotopic (exact) mass is 515 g/mol. The summed E-state index contributed by atoms with van der Waals surface area (Å²) in [7, 11) is 0. The number of carbonyl (C=O) groups is 4. The second kappa shape index (κ2) is 18.6. The lowest BCUT2D eigenvalue weighted by atomic mass is 10.1. The Morgan fingerprint density at radius 1 is 0.750 bits per heavy atom. The summed E-state index contributed by atoms with van der Waals surface area (Å²) in [5.41, 5.74) is 32.2. The van der Waals surface area contributed by atoms with Crippen LogP contribution >= 0.6 is 0 Å². The summed E-state index contributed by atoms with van der Waals surface area (Å²) in [6.07, 6.45) is 2.51. The van der Waals surface area contributed by atoms with E-state index < -0.39 is 48.4 Å². The van der Waals surface area contributed by atoms with Crippen LogP contribution in [0, 0.1) is 0 Å². The van der Waals surface area contributed by atoms with Crippen LogP contribution in [0.2, 0.25) is 0 Å². The molecule has 0 saturated heterocycles. The molecule has 0 aliphatic carbocycles. The number of carbonyl (C=O) groups excluding carboxylic acids is 3. The predicted octanol–water partition coefficient (Wildman–Crippen LogP) is -4.28. The number of nitrogens with two attached hydrogens (primary N) is 6. The molecule has 3 unspecified atom stereocenters. The number of hydrogen-bond acceptors (Lipinski definition) is 8. The van der Waals surface area contributed by atoms with Crippen molar-refractivity contribution in [3.05, 3.63) is 0 Å². The van der Waals surface area contributed by atoms with Gasteiger partial charge in [-0.25, -0.2) is 4.79 Å². The lowest BCUT2D eigenvalue weighted by Crippen LogP contribution is -2.53. The highest BCUT2D eigenvalue weighted by molar-refractivity contribution is 5.92. The van der Waals surface area contributed by atoms with Crippen LogP contribution in [-0.2, 0) is 19.2 Å². The Morgan fingerprint density at radius 2 is 1.31 bits per heavy atom. The van der Waals surface area contributed by atoms with E-state index in [1.807, 2.05) is 0 Å². The Bertz CT molecular complexity index is 767. The van der Waals surface area contributed by atoms with Crippen LogP contribution in [0.25, 0.3) is 0 Å². The Hall–Kier alpha value is -3.66. The van der Waals surface area contributed by atoms with Gasteiger partial charge in [0.1, 0.15) is 12.1 Å². The van der Waals surface area contributed by atoms with Gasteiger partial charge < -0.3 is 55.5 Å². The zero-order valence-electron chi connectivity index (χ0n) is 20.4. The van der Waals surface area contributed by atoms with E-state index in [4.69, 9.17) is 34.4 Å². The van der Waals surface area contributed by atoms with E-state index in [9.17, 15) is 24.3 Å². The highest BCUT2D eigenvalue weighted by Gasteiger charge is 2.26. The van der Waals surface area contributed by atoms with E-state index in [0.717, 1.165) is 0 Å². The van der Waals surface area contributed by atoms with Gasteiger partial charge in [-0.1, -0.05) is 0 Å². The minimum atomic E-state index is -1.20. The van der Waals surface area contributed by atoms with Gasteiger partial charge in [0.15, 0.2) is 11.9 Å². The van der Waals surface area contributed by atoms with Crippen LogP contribution in [0.3, 0.4) is 0 Å². The van der Waals surface area contributed by atoms with Crippen molar-refractivity contribution in [2.24, 2.45) is 44.4 Å². The molecular formula is C20H41N11O5. The highest BCUT2D eigenvalue weighted by atomic mass is 16.4. The molecule has 36 heavy (non-hydrogen) atoms. The lowest BCUT2D eigenvalue weighted by Gasteiger charge is -2.22. The number of amides is 3. The topological polar surface area (TPSA) is 305 Å². The van der Waals surface area contributed by atoms with E-state index in [1.54, 1.807) is 0 Å². The quantitative estimate of drug-likeness (QED) is 0.0445. The maximum absolute atomic E-state index is 12.8. The van der Waals surface area contributed by atoms with Crippen molar-refractivity contribution >= 4 is 35.6 Å². The first-order chi connectivity index (χ1) is 17.0. The summed E-state index contributed by atoms with van der Waals surface area (Å²) in [5.74, 6) is -3.29. The highest BCUT2D eigenvalue weighted by Crippen LogP contribution is 2.04. The number of nitrogens with zero attached hydrogens (tertiary/aromatic N) is 2. The Kier molecular flexibility index (Phi) is 16.7. The minimum absolute atomic E-state index is 0.0631. The molecule has 0 aromatic rings. The van der Waals surface area contributed by atoms with Gasteiger partial charge in [-0.2, -0.15) is 0 Å². The number of nitrogens with one attached hydrogen (secondary N) is 3. The summed E-state index contributed by atoms with van der Waals surface area (Å²) in [4.78, 5) is 56.4. The van der Waals surface area contributed by atoms with Crippen LogP contribution in [-0.4, -0.2) is 85.0 Å². The Labute approximate surface area is 210 Å². The van der Waals surface area contributed by atoms with Crippen LogP contribution in [0.1, 0.15) is 44.9 Å². The molecule has 0 aliphatic heterocycles. The smallest absolute Gasteiger partial charge is 0.326 e. The van der Waals surface area contributed by atoms with Crippen molar-refractivity contribution in [2.45, 2.75) is 63.1 Å². The fourth-order valence-electron chi connectivity index (χ4n) is 2.99. The van der Waals surface area contributed by atoms with Crippen LogP contribution in [0.15, 0.2) is 9.98 Å². The van der Waals surface area contributed by atoms with Gasteiger partial charge in [-0.15, -0.1) is 0 Å². The number of carboxylic acids is 1. The average Bonchev–Trinajstić information content (AvgIpc) is 2.80. The fourth-order valence-corrected chi connectivity index (χ4v) is 2.99. The van der Waals surface area contributed by atoms with Gasteiger partial charge >= 0.3 is 5.97 Å². The van der Waals surface area contributed by atoms with E-state index in [0.29, 0.717) is 45.2 Å². The fraction of sp³-hybridized carbons (Fsp3) is 0.700. The SMILES string of the molecule is NCCCCC(NC(=O)C(CCCN=C(N)N)NC(=O)CNC(=O)C(N)CCCN=C(N)N)C(=O)O. The molecule has 0 saturated carbocycles. The predicted molar refractivity (Wildman–Crippen MR) is 135 cm³/mol. The zero-order chi connectivity index (χ0) is 27.5. The van der Waals surface area contributed by atoms with E-state index in [-0.39, 0.29) is 31.3 Å². The van der Waals surface area contributed by atoms with Gasteiger partial charge in [-0.05, 0) is 51.5 Å². The standard InChI is InChI=1S/C20H41N11O5/c21-8-2-1-6-14(18(35)36)31-17(34)13(7-4-10-28-20(25)26)30-15(32)11-29-16(33)12(22)5-3-9-27-19(23)24/h12-14H,1-11,21-22H2,(H,29,33)(H,30,32)(H,31,34)(H,35,36)(H4,23,24,27)(H4,25,26,28). The molecule has 3 atom stereocenters. The maximum Gasteiger partial charge on any atom is 0.326 e. The van der Waals surface area contributed by atoms with Crippen molar-refractivity contribution in [3.63, 3.8) is 0 Å². The third-order valence-corrected chi connectivity index (χ3v) is 4.89. The van der Waals surface area contributed by atoms with Crippen LogP contribution in [0.5, 0.6) is 0 Å². The number of hydrogen-bond donors (Lipinski definition) is 10. The number of aliphatic imine (C=N–C) groups is 2. The first-order valence-corrected chi connectivity index (χ1v) is 11.6. The molecule has 0 radical (unpaired) electrons. The van der Waals surface area contributed by atoms with Gasteiger partial charge in [0.2, 0.25) is 17.7 Å². The van der Waals surface area contributed by atoms with E-state index >= 15 is 0 Å². The van der Waals surface area contributed by atoms with Crippen LogP contribution < -0.4 is 50.4 Å². The van der Waals surface area contributed by atoms with Crippen molar-refractivity contribution in [1.29, 1.82) is 0 Å². The molecule has 206 valence electrons. The van der Waals surface area contributed by atoms with Crippen molar-refractivity contribution in [2.75, 3.05) is 26.2 Å². The van der Waals surface area contributed by atoms with Gasteiger partial charge in [0.25, 0.3) is 0 Å². The normalized spacial score (nSPS) is 12.9. The average molecular weight is 516 g/mol. The third kappa shape index (κ3) is 16.0. The van der Waals surface area contributed by atoms with Crippen LogP contribution in [0.4, 0.5) is 0 Å². The first-order valence-electron chi connectivity index (χ1n) is 11.6. The molecule has 0 fully saturated rings. The molecule has 3 amide bonds. The largest absolute Gasteiger partial charge is 0.480 e. The summed E-state index contributed by atoms with van der Waals surface area (Å²) in [6, 6.07) is -3.10. The second-order valence-electron chi connectivity index (χ2n) is 8.03. The molecule has 0 aromatic carbocycles. The molecule has 16 heteroatoms. The third-order valence-electron chi connectivity index (χ3n) is 4.89. The number of carboxylic acid groups (broad SMARTS) is 1. The van der Waals surface area contributed by atoms with Gasteiger partial charge in [0, 0.05) is 13.1 Å². The summed E-state index contributed by atoms with van der Waals surface area (Å²) in [5, 5.41) is 16.7. The number of aliphatic carboxylic acids is 1. The van der Waals surface area contributed by atoms with Crippen molar-refractivity contribution < 1.29 is 24.3 Å². The molecule has 0 aliphatic rings. The maximum atomic E-state index is 12.8. The Balaban J connectivity index is 4.95. The molecule has 16 nitrogen and oxygen atoms in total. The van der Waals surface area contributed by atoms with E-state index in [1.165, 1.54) is 0 Å². The number of guanidine groups is 2. The lowest BCUT2D eigenvalue weighted by molar-refractivity contribution is -0.142. The van der Waals surface area contributed by atoms with E-state index in [2.05, 4.69) is 25.9 Å². The number of unbranched alkanes of at least 4 members (excludes halogenated alkanes) is 1. The van der Waals surface area contributed by atoms with Gasteiger partial charge in [-0.3, -0.25) is 24.4 Å². The van der Waals surface area contributed by atoms with Crippen molar-refractivity contribution in [1.82, 2.24) is 16.0 Å².